The van der Waals surface area contributed by atoms with E-state index >= 15 is 0 Å². The van der Waals surface area contributed by atoms with Crippen molar-refractivity contribution in [1.82, 2.24) is 0 Å². The zero-order chi connectivity index (χ0) is 25.1. The lowest BCUT2D eigenvalue weighted by atomic mass is 10.1. The fraction of sp³-hybridized carbons (Fsp3) is 0.360. The van der Waals surface area contributed by atoms with E-state index in [1.54, 1.807) is 63.2 Å². The van der Waals surface area contributed by atoms with Gasteiger partial charge in [0.2, 0.25) is 6.10 Å². The molecule has 0 bridgehead atoms. The molecule has 1 fully saturated rings. The SMILES string of the molecule is CCOC(=O)C(OC(=O)C1C(C=C(Cl)C(F)(F)F)C1(C)C)c1cccc(Oc2ccccc2)c1. The summed E-state index contributed by atoms with van der Waals surface area (Å²) in [4.78, 5) is 25.5. The number of esters is 2. The summed E-state index contributed by atoms with van der Waals surface area (Å²) in [6, 6.07) is 15.4. The second kappa shape index (κ2) is 10.1. The lowest BCUT2D eigenvalue weighted by Crippen LogP contribution is -2.24. The minimum absolute atomic E-state index is 0.0502. The summed E-state index contributed by atoms with van der Waals surface area (Å²) in [5, 5.41) is -1.30. The summed E-state index contributed by atoms with van der Waals surface area (Å²) in [7, 11) is 0. The van der Waals surface area contributed by atoms with Crippen LogP contribution in [-0.2, 0) is 19.1 Å². The Morgan fingerprint density at radius 1 is 1.09 bits per heavy atom. The van der Waals surface area contributed by atoms with Crippen LogP contribution in [0, 0.1) is 17.3 Å². The fourth-order valence-corrected chi connectivity index (χ4v) is 3.85. The molecule has 2 aromatic carbocycles. The van der Waals surface area contributed by atoms with E-state index in [1.165, 1.54) is 6.07 Å². The van der Waals surface area contributed by atoms with Crippen LogP contribution in [0.15, 0.2) is 65.7 Å². The van der Waals surface area contributed by atoms with Crippen LogP contribution in [0.5, 0.6) is 11.5 Å². The third-order valence-corrected chi connectivity index (χ3v) is 5.98. The standard InChI is InChI=1S/C25H24ClF3O5/c1-4-32-23(31)21(15-9-8-12-17(13-15)33-16-10-6-5-7-11-16)34-22(30)20-18(24(20,2)3)14-19(26)25(27,28)29/h5-14,18,20-21H,4H2,1-3H3. The number of carbonyl (C=O) groups excluding carboxylic acids is 2. The van der Waals surface area contributed by atoms with Gasteiger partial charge in [-0.1, -0.05) is 61.9 Å². The normalized spacial score (nSPS) is 20.3. The molecule has 2 aromatic rings. The molecule has 0 amide bonds. The van der Waals surface area contributed by atoms with Crippen molar-refractivity contribution < 1.29 is 37.0 Å². The number of alkyl halides is 3. The van der Waals surface area contributed by atoms with Crippen molar-refractivity contribution in [3.05, 3.63) is 71.3 Å². The second-order valence-corrected chi connectivity index (χ2v) is 8.80. The lowest BCUT2D eigenvalue weighted by Gasteiger charge is -2.18. The van der Waals surface area contributed by atoms with Crippen molar-refractivity contribution in [2.45, 2.75) is 33.1 Å². The number of para-hydroxylation sites is 1. The van der Waals surface area contributed by atoms with Crippen LogP contribution in [0.1, 0.15) is 32.4 Å². The van der Waals surface area contributed by atoms with Crippen LogP contribution in [0.2, 0.25) is 0 Å². The smallest absolute Gasteiger partial charge is 0.426 e. The van der Waals surface area contributed by atoms with Gasteiger partial charge < -0.3 is 14.2 Å². The molecule has 5 nitrogen and oxygen atoms in total. The topological polar surface area (TPSA) is 61.8 Å². The van der Waals surface area contributed by atoms with Gasteiger partial charge in [-0.15, -0.1) is 0 Å². The van der Waals surface area contributed by atoms with Gasteiger partial charge in [0.05, 0.1) is 12.5 Å². The molecule has 0 spiro atoms. The number of rotatable bonds is 8. The first-order valence-electron chi connectivity index (χ1n) is 10.6. The van der Waals surface area contributed by atoms with Gasteiger partial charge in [-0.05, 0) is 42.5 Å². The molecule has 3 unspecified atom stereocenters. The maximum Gasteiger partial charge on any atom is 0.426 e. The minimum Gasteiger partial charge on any atom is -0.463 e. The molecule has 182 valence electrons. The Morgan fingerprint density at radius 3 is 2.35 bits per heavy atom. The van der Waals surface area contributed by atoms with Crippen molar-refractivity contribution >= 4 is 23.5 Å². The van der Waals surface area contributed by atoms with E-state index in [9.17, 15) is 22.8 Å². The first-order chi connectivity index (χ1) is 15.9. The molecular weight excluding hydrogens is 473 g/mol. The Hall–Kier alpha value is -3.00. The quantitative estimate of drug-likeness (QED) is 0.386. The Kier molecular flexibility index (Phi) is 7.60. The molecule has 0 N–H and O–H groups in total. The molecule has 34 heavy (non-hydrogen) atoms. The number of benzene rings is 2. The lowest BCUT2D eigenvalue weighted by molar-refractivity contribution is -0.169. The van der Waals surface area contributed by atoms with E-state index in [4.69, 9.17) is 25.8 Å². The number of hydrogen-bond acceptors (Lipinski definition) is 5. The summed E-state index contributed by atoms with van der Waals surface area (Å²) in [5.74, 6) is -2.33. The molecule has 1 aliphatic rings. The van der Waals surface area contributed by atoms with Crippen LogP contribution < -0.4 is 4.74 Å². The maximum absolute atomic E-state index is 12.9. The molecular formula is C25H24ClF3O5. The molecule has 3 rings (SSSR count). The fourth-order valence-electron chi connectivity index (χ4n) is 3.72. The average molecular weight is 497 g/mol. The van der Waals surface area contributed by atoms with Crippen LogP contribution in [-0.4, -0.2) is 24.7 Å². The summed E-state index contributed by atoms with van der Waals surface area (Å²) in [6.07, 6.45) is -5.30. The number of allylic oxidation sites excluding steroid dienone is 2. The number of ether oxygens (including phenoxy) is 3. The van der Waals surface area contributed by atoms with Gasteiger partial charge in [-0.3, -0.25) is 4.79 Å². The third-order valence-electron chi connectivity index (χ3n) is 5.64. The van der Waals surface area contributed by atoms with Crippen molar-refractivity contribution in [3.8, 4) is 11.5 Å². The Labute approximate surface area is 200 Å². The number of halogens is 4. The summed E-state index contributed by atoms with van der Waals surface area (Å²) in [5.41, 5.74) is -0.515. The monoisotopic (exact) mass is 496 g/mol. The molecule has 3 atom stereocenters. The van der Waals surface area contributed by atoms with Gasteiger partial charge in [-0.25, -0.2) is 4.79 Å². The Balaban J connectivity index is 1.82. The zero-order valence-corrected chi connectivity index (χ0v) is 19.5. The van der Waals surface area contributed by atoms with Crippen LogP contribution in [0.4, 0.5) is 13.2 Å². The highest BCUT2D eigenvalue weighted by Gasteiger charge is 2.62. The maximum atomic E-state index is 12.9. The van der Waals surface area contributed by atoms with E-state index in [0.29, 0.717) is 17.1 Å². The number of carbonyl (C=O) groups is 2. The number of hydrogen-bond donors (Lipinski definition) is 0. The average Bonchev–Trinajstić information content (AvgIpc) is 3.32. The first-order valence-corrected chi connectivity index (χ1v) is 11.0. The van der Waals surface area contributed by atoms with E-state index in [2.05, 4.69) is 0 Å². The highest BCUT2D eigenvalue weighted by molar-refractivity contribution is 6.30. The van der Waals surface area contributed by atoms with Crippen LogP contribution >= 0.6 is 11.6 Å². The molecule has 1 aliphatic carbocycles. The predicted octanol–water partition coefficient (Wildman–Crippen LogP) is 6.58. The third kappa shape index (κ3) is 5.91. The van der Waals surface area contributed by atoms with Crippen LogP contribution in [0.3, 0.4) is 0 Å². The molecule has 1 saturated carbocycles. The van der Waals surface area contributed by atoms with Gasteiger partial charge >= 0.3 is 18.1 Å². The van der Waals surface area contributed by atoms with E-state index in [-0.39, 0.29) is 6.61 Å². The van der Waals surface area contributed by atoms with E-state index < -0.39 is 46.5 Å². The molecule has 0 aromatic heterocycles. The summed E-state index contributed by atoms with van der Waals surface area (Å²) < 4.78 is 54.9. The highest BCUT2D eigenvalue weighted by Crippen LogP contribution is 2.60. The molecule has 0 saturated heterocycles. The van der Waals surface area contributed by atoms with Crippen molar-refractivity contribution in [3.63, 3.8) is 0 Å². The molecule has 9 heteroatoms. The molecule has 0 radical (unpaired) electrons. The molecule has 0 heterocycles. The van der Waals surface area contributed by atoms with Gasteiger partial charge in [0.25, 0.3) is 0 Å². The van der Waals surface area contributed by atoms with Gasteiger partial charge in [-0.2, -0.15) is 13.2 Å². The minimum atomic E-state index is -4.71. The summed E-state index contributed by atoms with van der Waals surface area (Å²) >= 11 is 5.36. The largest absolute Gasteiger partial charge is 0.463 e. The zero-order valence-electron chi connectivity index (χ0n) is 18.8. The predicted molar refractivity (Wildman–Crippen MR) is 119 cm³/mol. The summed E-state index contributed by atoms with van der Waals surface area (Å²) in [6.45, 7) is 4.92. The van der Waals surface area contributed by atoms with Crippen molar-refractivity contribution in [1.29, 1.82) is 0 Å². The Bertz CT molecular complexity index is 1070. The van der Waals surface area contributed by atoms with Crippen molar-refractivity contribution in [2.24, 2.45) is 17.3 Å². The first kappa shape index (κ1) is 25.6. The van der Waals surface area contributed by atoms with Gasteiger partial charge in [0.1, 0.15) is 16.5 Å². The molecule has 0 aliphatic heterocycles. The van der Waals surface area contributed by atoms with E-state index in [0.717, 1.165) is 6.08 Å². The van der Waals surface area contributed by atoms with Crippen LogP contribution in [0.25, 0.3) is 0 Å². The highest BCUT2D eigenvalue weighted by atomic mass is 35.5. The van der Waals surface area contributed by atoms with E-state index in [1.807, 2.05) is 6.07 Å². The van der Waals surface area contributed by atoms with Crippen molar-refractivity contribution in [2.75, 3.05) is 6.61 Å². The van der Waals surface area contributed by atoms with Gasteiger partial charge in [0.15, 0.2) is 0 Å². The Morgan fingerprint density at radius 2 is 1.74 bits per heavy atom. The second-order valence-electron chi connectivity index (χ2n) is 8.39. The van der Waals surface area contributed by atoms with Gasteiger partial charge in [0, 0.05) is 5.56 Å².